The molecule has 0 saturated carbocycles. The highest BCUT2D eigenvalue weighted by Gasteiger charge is 2.17. The standard InChI is InChI=1S/C12H10Br2N2O2S/c1-2-18-12(17)10-11(19-6-15-10)16-9-7(13)4-3-5-8(9)14/h3-6,16H,2H2,1H3. The molecule has 0 aliphatic carbocycles. The highest BCUT2D eigenvalue weighted by molar-refractivity contribution is 9.11. The molecule has 0 amide bonds. The molecule has 0 fully saturated rings. The number of ether oxygens (including phenoxy) is 1. The number of thiazole rings is 1. The Labute approximate surface area is 131 Å². The number of benzene rings is 1. The quantitative estimate of drug-likeness (QED) is 0.755. The highest BCUT2D eigenvalue weighted by Crippen LogP contribution is 2.35. The number of carbonyl (C=O) groups is 1. The molecule has 0 aliphatic rings. The van der Waals surface area contributed by atoms with Gasteiger partial charge in [-0.15, -0.1) is 11.3 Å². The fourth-order valence-electron chi connectivity index (χ4n) is 1.41. The van der Waals surface area contributed by atoms with E-state index in [0.717, 1.165) is 14.6 Å². The molecule has 0 radical (unpaired) electrons. The largest absolute Gasteiger partial charge is 0.461 e. The van der Waals surface area contributed by atoms with Gasteiger partial charge in [0.15, 0.2) is 5.69 Å². The normalized spacial score (nSPS) is 10.3. The Balaban J connectivity index is 2.30. The third-order valence-corrected chi connectivity index (χ3v) is 4.30. The zero-order valence-electron chi connectivity index (χ0n) is 9.94. The van der Waals surface area contributed by atoms with Crippen LogP contribution in [-0.4, -0.2) is 17.6 Å². The summed E-state index contributed by atoms with van der Waals surface area (Å²) in [6.07, 6.45) is 0. The predicted molar refractivity (Wildman–Crippen MR) is 83.2 cm³/mol. The molecule has 0 aliphatic heterocycles. The molecule has 0 unspecified atom stereocenters. The SMILES string of the molecule is CCOC(=O)c1ncsc1Nc1c(Br)cccc1Br. The van der Waals surface area contributed by atoms with Gasteiger partial charge in [0.2, 0.25) is 0 Å². The van der Waals surface area contributed by atoms with Crippen molar-refractivity contribution in [2.45, 2.75) is 6.92 Å². The molecule has 4 nitrogen and oxygen atoms in total. The number of carbonyl (C=O) groups excluding carboxylic acids is 1. The van der Waals surface area contributed by atoms with Gasteiger partial charge in [0.1, 0.15) is 5.00 Å². The van der Waals surface area contributed by atoms with E-state index in [-0.39, 0.29) is 0 Å². The van der Waals surface area contributed by atoms with Crippen molar-refractivity contribution >= 4 is 59.9 Å². The van der Waals surface area contributed by atoms with E-state index in [1.165, 1.54) is 11.3 Å². The summed E-state index contributed by atoms with van der Waals surface area (Å²) in [4.78, 5) is 15.8. The molecular weight excluding hydrogens is 396 g/mol. The Morgan fingerprint density at radius 3 is 2.74 bits per heavy atom. The van der Waals surface area contributed by atoms with Crippen molar-refractivity contribution in [3.63, 3.8) is 0 Å². The lowest BCUT2D eigenvalue weighted by Gasteiger charge is -2.09. The van der Waals surface area contributed by atoms with Crippen LogP contribution in [0.1, 0.15) is 17.4 Å². The second-order valence-electron chi connectivity index (χ2n) is 3.47. The molecule has 19 heavy (non-hydrogen) atoms. The molecule has 1 heterocycles. The lowest BCUT2D eigenvalue weighted by atomic mass is 10.3. The summed E-state index contributed by atoms with van der Waals surface area (Å²) in [7, 11) is 0. The van der Waals surface area contributed by atoms with Gasteiger partial charge in [-0.25, -0.2) is 9.78 Å². The van der Waals surface area contributed by atoms with Crippen molar-refractivity contribution in [2.24, 2.45) is 0 Å². The van der Waals surface area contributed by atoms with E-state index in [9.17, 15) is 4.79 Å². The molecule has 0 bridgehead atoms. The van der Waals surface area contributed by atoms with Gasteiger partial charge in [0, 0.05) is 8.95 Å². The first-order chi connectivity index (χ1) is 9.13. The molecule has 2 aromatic rings. The molecule has 100 valence electrons. The maximum Gasteiger partial charge on any atom is 0.360 e. The van der Waals surface area contributed by atoms with Gasteiger partial charge in [-0.1, -0.05) is 6.07 Å². The smallest absolute Gasteiger partial charge is 0.360 e. The number of aromatic nitrogens is 1. The first-order valence-corrected chi connectivity index (χ1v) is 7.91. The van der Waals surface area contributed by atoms with Crippen LogP contribution < -0.4 is 5.32 Å². The van der Waals surface area contributed by atoms with Gasteiger partial charge in [0.25, 0.3) is 0 Å². The van der Waals surface area contributed by atoms with Crippen molar-refractivity contribution < 1.29 is 9.53 Å². The summed E-state index contributed by atoms with van der Waals surface area (Å²) >= 11 is 8.27. The molecular formula is C12H10Br2N2O2S. The van der Waals surface area contributed by atoms with E-state index in [4.69, 9.17) is 4.74 Å². The molecule has 0 spiro atoms. The van der Waals surface area contributed by atoms with Crippen LogP contribution in [-0.2, 0) is 4.74 Å². The minimum atomic E-state index is -0.422. The van der Waals surface area contributed by atoms with Gasteiger partial charge in [-0.05, 0) is 50.9 Å². The van der Waals surface area contributed by atoms with E-state index >= 15 is 0 Å². The first kappa shape index (κ1) is 14.5. The number of para-hydroxylation sites is 1. The number of hydrogen-bond donors (Lipinski definition) is 1. The number of nitrogens with zero attached hydrogens (tertiary/aromatic N) is 1. The second-order valence-corrected chi connectivity index (χ2v) is 6.04. The summed E-state index contributed by atoms with van der Waals surface area (Å²) in [5, 5.41) is 3.85. The second kappa shape index (κ2) is 6.49. The van der Waals surface area contributed by atoms with Crippen LogP contribution in [0.3, 0.4) is 0 Å². The van der Waals surface area contributed by atoms with E-state index in [0.29, 0.717) is 17.3 Å². The predicted octanol–water partition coefficient (Wildman–Crippen LogP) is 4.59. The van der Waals surface area contributed by atoms with Crippen molar-refractivity contribution in [2.75, 3.05) is 11.9 Å². The third kappa shape index (κ3) is 3.34. The van der Waals surface area contributed by atoms with Crippen molar-refractivity contribution in [1.29, 1.82) is 0 Å². The number of halogens is 2. The number of nitrogens with one attached hydrogen (secondary N) is 1. The summed E-state index contributed by atoms with van der Waals surface area (Å²) in [5.41, 5.74) is 2.76. The number of esters is 1. The molecule has 2 rings (SSSR count). The molecule has 1 aromatic carbocycles. The Hall–Kier alpha value is -0.920. The lowest BCUT2D eigenvalue weighted by Crippen LogP contribution is -2.07. The Morgan fingerprint density at radius 2 is 2.11 bits per heavy atom. The van der Waals surface area contributed by atoms with Crippen molar-refractivity contribution in [1.82, 2.24) is 4.98 Å². The average Bonchev–Trinajstić information content (AvgIpc) is 2.82. The minimum absolute atomic E-state index is 0.300. The van der Waals surface area contributed by atoms with Crippen LogP contribution in [0.5, 0.6) is 0 Å². The van der Waals surface area contributed by atoms with E-state index in [1.54, 1.807) is 12.4 Å². The van der Waals surface area contributed by atoms with Crippen molar-refractivity contribution in [3.8, 4) is 0 Å². The minimum Gasteiger partial charge on any atom is -0.461 e. The van der Waals surface area contributed by atoms with Crippen LogP contribution in [0, 0.1) is 0 Å². The van der Waals surface area contributed by atoms with E-state index in [2.05, 4.69) is 42.2 Å². The Morgan fingerprint density at radius 1 is 1.42 bits per heavy atom. The molecule has 7 heteroatoms. The maximum atomic E-state index is 11.7. The average molecular weight is 406 g/mol. The van der Waals surface area contributed by atoms with Crippen LogP contribution >= 0.6 is 43.2 Å². The van der Waals surface area contributed by atoms with Gasteiger partial charge >= 0.3 is 5.97 Å². The fraction of sp³-hybridized carbons (Fsp3) is 0.167. The van der Waals surface area contributed by atoms with Crippen LogP contribution in [0.25, 0.3) is 0 Å². The van der Waals surface area contributed by atoms with Gasteiger partial charge < -0.3 is 10.1 Å². The first-order valence-electron chi connectivity index (χ1n) is 5.45. The highest BCUT2D eigenvalue weighted by atomic mass is 79.9. The summed E-state index contributed by atoms with van der Waals surface area (Å²) < 4.78 is 6.75. The maximum absolute atomic E-state index is 11.7. The molecule has 1 N–H and O–H groups in total. The van der Waals surface area contributed by atoms with Crippen molar-refractivity contribution in [3.05, 3.63) is 38.3 Å². The topological polar surface area (TPSA) is 51.2 Å². The monoisotopic (exact) mass is 404 g/mol. The summed E-state index contributed by atoms with van der Waals surface area (Å²) in [6.45, 7) is 2.09. The number of rotatable bonds is 4. The fourth-order valence-corrected chi connectivity index (χ4v) is 3.28. The zero-order valence-corrected chi connectivity index (χ0v) is 13.9. The van der Waals surface area contributed by atoms with Gasteiger partial charge in [-0.3, -0.25) is 0 Å². The molecule has 0 atom stereocenters. The van der Waals surface area contributed by atoms with Crippen LogP contribution in [0.15, 0.2) is 32.7 Å². The Bertz CT molecular complexity index is 581. The lowest BCUT2D eigenvalue weighted by molar-refractivity contribution is 0.0521. The summed E-state index contributed by atoms with van der Waals surface area (Å²) in [5.74, 6) is -0.422. The third-order valence-electron chi connectivity index (χ3n) is 2.24. The number of hydrogen-bond acceptors (Lipinski definition) is 5. The zero-order chi connectivity index (χ0) is 13.8. The molecule has 0 saturated heterocycles. The van der Waals surface area contributed by atoms with E-state index < -0.39 is 5.97 Å². The van der Waals surface area contributed by atoms with Crippen LogP contribution in [0.2, 0.25) is 0 Å². The van der Waals surface area contributed by atoms with E-state index in [1.807, 2.05) is 18.2 Å². The van der Waals surface area contributed by atoms with Gasteiger partial charge in [-0.2, -0.15) is 0 Å². The number of anilines is 2. The Kier molecular flexibility index (Phi) is 4.95. The van der Waals surface area contributed by atoms with Gasteiger partial charge in [0.05, 0.1) is 17.8 Å². The summed E-state index contributed by atoms with van der Waals surface area (Å²) in [6, 6.07) is 5.74. The van der Waals surface area contributed by atoms with Crippen LogP contribution in [0.4, 0.5) is 10.7 Å². The molecule has 1 aromatic heterocycles.